The average molecular weight is 449 g/mol. The molecule has 150 valence electrons. The van der Waals surface area contributed by atoms with Crippen LogP contribution in [0.2, 0.25) is 10.0 Å². The lowest BCUT2D eigenvalue weighted by Gasteiger charge is -2.21. The lowest BCUT2D eigenvalue weighted by molar-refractivity contribution is 0.0988. The van der Waals surface area contributed by atoms with Crippen molar-refractivity contribution in [1.82, 2.24) is 0 Å². The van der Waals surface area contributed by atoms with Crippen molar-refractivity contribution >= 4 is 50.5 Å². The van der Waals surface area contributed by atoms with Gasteiger partial charge in [0.25, 0.3) is 15.9 Å². The molecule has 0 atom stereocenters. The highest BCUT2D eigenvalue weighted by atomic mass is 35.5. The number of rotatable bonds is 6. The zero-order chi connectivity index (χ0) is 21.0. The van der Waals surface area contributed by atoms with E-state index in [0.29, 0.717) is 17.8 Å². The van der Waals surface area contributed by atoms with Gasteiger partial charge in [-0.2, -0.15) is 0 Å². The summed E-state index contributed by atoms with van der Waals surface area (Å²) < 4.78 is 27.7. The maximum Gasteiger partial charge on any atom is 0.263 e. The average Bonchev–Trinajstić information content (AvgIpc) is 2.71. The summed E-state index contributed by atoms with van der Waals surface area (Å²) in [5.74, 6) is -0.175. The lowest BCUT2D eigenvalue weighted by atomic mass is 10.1. The van der Waals surface area contributed by atoms with Gasteiger partial charge >= 0.3 is 0 Å². The molecule has 0 aliphatic heterocycles. The fourth-order valence-electron chi connectivity index (χ4n) is 2.78. The van der Waals surface area contributed by atoms with Crippen molar-refractivity contribution in [2.45, 2.75) is 11.8 Å². The summed E-state index contributed by atoms with van der Waals surface area (Å²) in [4.78, 5) is 14.4. The first-order chi connectivity index (χ1) is 13.8. The number of benzene rings is 3. The van der Waals surface area contributed by atoms with E-state index in [1.165, 1.54) is 30.3 Å². The van der Waals surface area contributed by atoms with Gasteiger partial charge in [0.05, 0.1) is 5.02 Å². The Balaban J connectivity index is 1.81. The fourth-order valence-corrected chi connectivity index (χ4v) is 4.60. The summed E-state index contributed by atoms with van der Waals surface area (Å²) in [7, 11) is -3.93. The SMILES string of the molecule is CCN(C(=O)c1ccc(NS(=O)(=O)c2cc(Cl)ccc2Cl)cc1)c1ccccc1. The summed E-state index contributed by atoms with van der Waals surface area (Å²) in [6.07, 6.45) is 0. The van der Waals surface area contributed by atoms with Gasteiger partial charge in [0.1, 0.15) is 4.90 Å². The molecule has 0 heterocycles. The number of carbonyl (C=O) groups excluding carboxylic acids is 1. The number of anilines is 2. The van der Waals surface area contributed by atoms with E-state index in [0.717, 1.165) is 5.69 Å². The van der Waals surface area contributed by atoms with E-state index in [2.05, 4.69) is 4.72 Å². The molecule has 5 nitrogen and oxygen atoms in total. The van der Waals surface area contributed by atoms with E-state index >= 15 is 0 Å². The van der Waals surface area contributed by atoms with Crippen molar-refractivity contribution in [2.75, 3.05) is 16.2 Å². The number of sulfonamides is 1. The van der Waals surface area contributed by atoms with Crippen molar-refractivity contribution in [3.8, 4) is 0 Å². The van der Waals surface area contributed by atoms with E-state index < -0.39 is 10.0 Å². The topological polar surface area (TPSA) is 66.5 Å². The Morgan fingerprint density at radius 3 is 2.24 bits per heavy atom. The van der Waals surface area contributed by atoms with Crippen LogP contribution in [0.4, 0.5) is 11.4 Å². The van der Waals surface area contributed by atoms with Gasteiger partial charge in [-0.05, 0) is 61.5 Å². The maximum atomic E-state index is 12.8. The zero-order valence-electron chi connectivity index (χ0n) is 15.5. The second-order valence-electron chi connectivity index (χ2n) is 6.14. The number of hydrogen-bond donors (Lipinski definition) is 1. The lowest BCUT2D eigenvalue weighted by Crippen LogP contribution is -2.30. The van der Waals surface area contributed by atoms with Gasteiger partial charge in [0, 0.05) is 28.5 Å². The third-order valence-electron chi connectivity index (χ3n) is 4.20. The zero-order valence-corrected chi connectivity index (χ0v) is 17.8. The molecule has 0 unspecified atom stereocenters. The van der Waals surface area contributed by atoms with Gasteiger partial charge in [0.2, 0.25) is 0 Å². The first-order valence-electron chi connectivity index (χ1n) is 8.76. The molecular weight excluding hydrogens is 431 g/mol. The van der Waals surface area contributed by atoms with Crippen LogP contribution in [0.15, 0.2) is 77.7 Å². The summed E-state index contributed by atoms with van der Waals surface area (Å²) in [6, 6.07) is 19.8. The molecule has 0 saturated carbocycles. The summed E-state index contributed by atoms with van der Waals surface area (Å²) in [6.45, 7) is 2.40. The quantitative estimate of drug-likeness (QED) is 0.544. The standard InChI is InChI=1S/C21H18Cl2N2O3S/c1-2-25(18-6-4-3-5-7-18)21(26)15-8-11-17(12-9-15)24-29(27,28)20-14-16(22)10-13-19(20)23/h3-14,24H,2H2,1H3. The molecule has 1 N–H and O–H groups in total. The molecule has 0 bridgehead atoms. The molecule has 8 heteroatoms. The molecule has 0 aliphatic carbocycles. The molecule has 0 fully saturated rings. The second kappa shape index (κ2) is 8.86. The van der Waals surface area contributed by atoms with Crippen LogP contribution in [-0.2, 0) is 10.0 Å². The summed E-state index contributed by atoms with van der Waals surface area (Å²) >= 11 is 11.9. The Morgan fingerprint density at radius 1 is 0.966 bits per heavy atom. The highest BCUT2D eigenvalue weighted by Gasteiger charge is 2.20. The molecule has 3 rings (SSSR count). The van der Waals surface area contributed by atoms with Crippen molar-refractivity contribution in [3.63, 3.8) is 0 Å². The van der Waals surface area contributed by atoms with Crippen LogP contribution in [0.5, 0.6) is 0 Å². The van der Waals surface area contributed by atoms with Crippen molar-refractivity contribution in [3.05, 3.63) is 88.4 Å². The van der Waals surface area contributed by atoms with Crippen LogP contribution in [0, 0.1) is 0 Å². The normalized spacial score (nSPS) is 11.1. The Hall–Kier alpha value is -2.54. The molecule has 0 aromatic heterocycles. The number of halogens is 2. The van der Waals surface area contributed by atoms with Crippen LogP contribution in [0.1, 0.15) is 17.3 Å². The molecule has 0 radical (unpaired) electrons. The van der Waals surface area contributed by atoms with Gasteiger partial charge < -0.3 is 4.90 Å². The Bertz CT molecular complexity index is 1120. The van der Waals surface area contributed by atoms with Gasteiger partial charge in [-0.15, -0.1) is 0 Å². The molecule has 0 spiro atoms. The number of amides is 1. The Labute approximate surface area is 179 Å². The number of nitrogens with zero attached hydrogens (tertiary/aromatic N) is 1. The van der Waals surface area contributed by atoms with Crippen LogP contribution in [-0.4, -0.2) is 20.9 Å². The Morgan fingerprint density at radius 2 is 1.62 bits per heavy atom. The second-order valence-corrected chi connectivity index (χ2v) is 8.64. The predicted molar refractivity (Wildman–Crippen MR) is 118 cm³/mol. The summed E-state index contributed by atoms with van der Waals surface area (Å²) in [5, 5.41) is 0.325. The highest BCUT2D eigenvalue weighted by molar-refractivity contribution is 7.92. The largest absolute Gasteiger partial charge is 0.309 e. The maximum absolute atomic E-state index is 12.8. The minimum atomic E-state index is -3.93. The molecule has 3 aromatic rings. The predicted octanol–water partition coefficient (Wildman–Crippen LogP) is 5.46. The number of hydrogen-bond acceptors (Lipinski definition) is 3. The minimum absolute atomic E-state index is 0.0650. The van der Waals surface area contributed by atoms with Crippen LogP contribution < -0.4 is 9.62 Å². The van der Waals surface area contributed by atoms with Crippen molar-refractivity contribution < 1.29 is 13.2 Å². The van der Waals surface area contributed by atoms with E-state index in [4.69, 9.17) is 23.2 Å². The molecule has 0 saturated heterocycles. The molecular formula is C21H18Cl2N2O3S. The smallest absolute Gasteiger partial charge is 0.263 e. The van der Waals surface area contributed by atoms with Gasteiger partial charge in [-0.3, -0.25) is 9.52 Å². The van der Waals surface area contributed by atoms with Crippen molar-refractivity contribution in [2.24, 2.45) is 0 Å². The third-order valence-corrected chi connectivity index (χ3v) is 6.29. The van der Waals surface area contributed by atoms with Crippen LogP contribution in [0.3, 0.4) is 0 Å². The minimum Gasteiger partial charge on any atom is -0.309 e. The Kier molecular flexibility index (Phi) is 6.47. The van der Waals surface area contributed by atoms with E-state index in [1.807, 2.05) is 37.3 Å². The van der Waals surface area contributed by atoms with E-state index in [-0.39, 0.29) is 20.8 Å². The molecule has 0 aliphatic rings. The van der Waals surface area contributed by atoms with Gasteiger partial charge in [-0.1, -0.05) is 41.4 Å². The fraction of sp³-hybridized carbons (Fsp3) is 0.0952. The molecule has 3 aromatic carbocycles. The monoisotopic (exact) mass is 448 g/mol. The third kappa shape index (κ3) is 4.90. The van der Waals surface area contributed by atoms with Gasteiger partial charge in [-0.25, -0.2) is 8.42 Å². The number of para-hydroxylation sites is 1. The molecule has 29 heavy (non-hydrogen) atoms. The van der Waals surface area contributed by atoms with E-state index in [1.54, 1.807) is 17.0 Å². The highest BCUT2D eigenvalue weighted by Crippen LogP contribution is 2.27. The number of carbonyl (C=O) groups is 1. The van der Waals surface area contributed by atoms with E-state index in [9.17, 15) is 13.2 Å². The van der Waals surface area contributed by atoms with Crippen LogP contribution in [0.25, 0.3) is 0 Å². The van der Waals surface area contributed by atoms with Gasteiger partial charge in [0.15, 0.2) is 0 Å². The molecule has 1 amide bonds. The first-order valence-corrected chi connectivity index (χ1v) is 11.0. The number of nitrogens with one attached hydrogen (secondary N) is 1. The first kappa shape index (κ1) is 21.2. The van der Waals surface area contributed by atoms with Crippen molar-refractivity contribution in [1.29, 1.82) is 0 Å². The summed E-state index contributed by atoms with van der Waals surface area (Å²) in [5.41, 5.74) is 1.54. The van der Waals surface area contributed by atoms with Crippen LogP contribution >= 0.6 is 23.2 Å².